The van der Waals surface area contributed by atoms with E-state index in [-0.39, 0.29) is 6.42 Å². The van der Waals surface area contributed by atoms with Gasteiger partial charge in [0, 0.05) is 11.9 Å². The number of allylic oxidation sites excluding steroid dienone is 1. The third kappa shape index (κ3) is 3.00. The van der Waals surface area contributed by atoms with Gasteiger partial charge >= 0.3 is 0 Å². The van der Waals surface area contributed by atoms with Gasteiger partial charge in [-0.25, -0.2) is 0 Å². The quantitative estimate of drug-likeness (QED) is 0.732. The Kier molecular flexibility index (Phi) is 3.79. The van der Waals surface area contributed by atoms with Crippen LogP contribution in [0, 0.1) is 22.7 Å². The third-order valence-electron chi connectivity index (χ3n) is 1.60. The van der Waals surface area contributed by atoms with Gasteiger partial charge in [0.1, 0.15) is 0 Å². The molecule has 0 aliphatic heterocycles. The highest BCUT2D eigenvalue weighted by atomic mass is 14.8. The molecule has 3 nitrogen and oxygen atoms in total. The van der Waals surface area contributed by atoms with Crippen LogP contribution in [0.3, 0.4) is 0 Å². The number of hydrogen-bond acceptors (Lipinski definition) is 3. The standard InChI is InChI=1S/C11H9N3/c12-7-6-10(8-13)9-14-11-4-2-1-3-5-11/h1-5,9,14H,6H2/b10-9-. The van der Waals surface area contributed by atoms with Crippen molar-refractivity contribution in [1.29, 1.82) is 10.5 Å². The molecule has 0 heterocycles. The Balaban J connectivity index is 2.64. The molecule has 0 radical (unpaired) electrons. The van der Waals surface area contributed by atoms with Crippen molar-refractivity contribution in [3.8, 4) is 12.1 Å². The van der Waals surface area contributed by atoms with E-state index in [1.807, 2.05) is 42.5 Å². The molecule has 0 fully saturated rings. The summed E-state index contributed by atoms with van der Waals surface area (Å²) >= 11 is 0. The summed E-state index contributed by atoms with van der Waals surface area (Å²) in [5.41, 5.74) is 1.33. The highest BCUT2D eigenvalue weighted by Gasteiger charge is 1.92. The van der Waals surface area contributed by atoms with Crippen molar-refractivity contribution in [2.75, 3.05) is 5.32 Å². The zero-order valence-corrected chi connectivity index (χ0v) is 7.57. The monoisotopic (exact) mass is 183 g/mol. The molecule has 1 aromatic carbocycles. The van der Waals surface area contributed by atoms with Gasteiger partial charge in [-0.15, -0.1) is 0 Å². The van der Waals surface area contributed by atoms with Crippen molar-refractivity contribution in [3.63, 3.8) is 0 Å². The van der Waals surface area contributed by atoms with Crippen molar-refractivity contribution in [1.82, 2.24) is 0 Å². The van der Waals surface area contributed by atoms with Gasteiger partial charge in [0.15, 0.2) is 0 Å². The molecule has 1 rings (SSSR count). The first-order valence-corrected chi connectivity index (χ1v) is 4.14. The normalized spacial score (nSPS) is 10.0. The zero-order valence-electron chi connectivity index (χ0n) is 7.57. The molecule has 0 saturated carbocycles. The number of nitrogens with one attached hydrogen (secondary N) is 1. The molecular weight excluding hydrogens is 174 g/mol. The van der Waals surface area contributed by atoms with E-state index >= 15 is 0 Å². The van der Waals surface area contributed by atoms with Crippen LogP contribution in [-0.4, -0.2) is 0 Å². The maximum absolute atomic E-state index is 8.63. The Hall–Kier alpha value is -2.26. The van der Waals surface area contributed by atoms with Crippen LogP contribution < -0.4 is 5.32 Å². The lowest BCUT2D eigenvalue weighted by atomic mass is 10.2. The summed E-state index contributed by atoms with van der Waals surface area (Å²) < 4.78 is 0. The van der Waals surface area contributed by atoms with Crippen molar-refractivity contribution < 1.29 is 0 Å². The van der Waals surface area contributed by atoms with Crippen LogP contribution in [-0.2, 0) is 0 Å². The number of rotatable bonds is 3. The van der Waals surface area contributed by atoms with Crippen LogP contribution in [0.25, 0.3) is 0 Å². The molecule has 0 atom stereocenters. The van der Waals surface area contributed by atoms with Crippen LogP contribution in [0.4, 0.5) is 5.69 Å². The number of anilines is 1. The fourth-order valence-corrected chi connectivity index (χ4v) is 0.913. The van der Waals surface area contributed by atoms with E-state index in [2.05, 4.69) is 5.32 Å². The topological polar surface area (TPSA) is 59.6 Å². The molecule has 14 heavy (non-hydrogen) atoms. The lowest BCUT2D eigenvalue weighted by Gasteiger charge is -1.99. The number of nitriles is 2. The molecule has 1 N–H and O–H groups in total. The van der Waals surface area contributed by atoms with E-state index in [4.69, 9.17) is 10.5 Å². The molecular formula is C11H9N3. The van der Waals surface area contributed by atoms with Gasteiger partial charge in [-0.3, -0.25) is 0 Å². The average Bonchev–Trinajstić information content (AvgIpc) is 2.25. The van der Waals surface area contributed by atoms with Crippen molar-refractivity contribution in [2.45, 2.75) is 6.42 Å². The fourth-order valence-electron chi connectivity index (χ4n) is 0.913. The minimum atomic E-state index is 0.135. The molecule has 68 valence electrons. The summed E-state index contributed by atoms with van der Waals surface area (Å²) in [7, 11) is 0. The first kappa shape index (κ1) is 9.83. The summed E-state index contributed by atoms with van der Waals surface area (Å²) in [6, 6.07) is 13.3. The Labute approximate surface area is 82.9 Å². The molecule has 3 heteroatoms. The molecule has 0 aliphatic rings. The maximum Gasteiger partial charge on any atom is 0.0973 e. The van der Waals surface area contributed by atoms with Gasteiger partial charge in [0.25, 0.3) is 0 Å². The van der Waals surface area contributed by atoms with E-state index in [1.165, 1.54) is 0 Å². The lowest BCUT2D eigenvalue weighted by molar-refractivity contribution is 1.26. The van der Waals surface area contributed by atoms with Gasteiger partial charge in [-0.2, -0.15) is 10.5 Å². The summed E-state index contributed by atoms with van der Waals surface area (Å²) in [6.45, 7) is 0. The van der Waals surface area contributed by atoms with Crippen LogP contribution >= 0.6 is 0 Å². The summed E-state index contributed by atoms with van der Waals surface area (Å²) in [4.78, 5) is 0. The molecule has 0 bridgehead atoms. The van der Waals surface area contributed by atoms with Gasteiger partial charge in [-0.1, -0.05) is 18.2 Å². The third-order valence-corrected chi connectivity index (χ3v) is 1.60. The van der Waals surface area contributed by atoms with Gasteiger partial charge < -0.3 is 5.32 Å². The predicted molar refractivity (Wildman–Crippen MR) is 54.0 cm³/mol. The highest BCUT2D eigenvalue weighted by Crippen LogP contribution is 2.06. The van der Waals surface area contributed by atoms with E-state index in [0.717, 1.165) is 5.69 Å². The van der Waals surface area contributed by atoms with E-state index in [0.29, 0.717) is 5.57 Å². The Bertz CT molecular complexity index is 393. The minimum absolute atomic E-state index is 0.135. The smallest absolute Gasteiger partial charge is 0.0973 e. The largest absolute Gasteiger partial charge is 0.361 e. The molecule has 0 unspecified atom stereocenters. The van der Waals surface area contributed by atoms with Gasteiger partial charge in [0.05, 0.1) is 24.1 Å². The van der Waals surface area contributed by atoms with Crippen LogP contribution in [0.1, 0.15) is 6.42 Å². The number of nitrogens with zero attached hydrogens (tertiary/aromatic N) is 2. The van der Waals surface area contributed by atoms with E-state index < -0.39 is 0 Å². The first-order chi connectivity index (χ1) is 6.86. The predicted octanol–water partition coefficient (Wildman–Crippen LogP) is 2.42. The fraction of sp³-hybridized carbons (Fsp3) is 0.0909. The summed E-state index contributed by atoms with van der Waals surface area (Å²) in [5.74, 6) is 0. The van der Waals surface area contributed by atoms with Crippen LogP contribution in [0.15, 0.2) is 42.1 Å². The molecule has 0 amide bonds. The molecule has 0 spiro atoms. The van der Waals surface area contributed by atoms with Gasteiger partial charge in [-0.05, 0) is 12.1 Å². The lowest BCUT2D eigenvalue weighted by Crippen LogP contribution is -1.89. The van der Waals surface area contributed by atoms with Crippen molar-refractivity contribution in [2.24, 2.45) is 0 Å². The molecule has 0 aliphatic carbocycles. The first-order valence-electron chi connectivity index (χ1n) is 4.14. The Morgan fingerprint density at radius 1 is 1.29 bits per heavy atom. The van der Waals surface area contributed by atoms with Crippen LogP contribution in [0.5, 0.6) is 0 Å². The minimum Gasteiger partial charge on any atom is -0.361 e. The molecule has 0 aromatic heterocycles. The second kappa shape index (κ2) is 5.40. The summed E-state index contributed by atoms with van der Waals surface area (Å²) in [5, 5.41) is 20.0. The number of benzene rings is 1. The van der Waals surface area contributed by atoms with Gasteiger partial charge in [0.2, 0.25) is 0 Å². The zero-order chi connectivity index (χ0) is 10.2. The van der Waals surface area contributed by atoms with E-state index in [9.17, 15) is 0 Å². The van der Waals surface area contributed by atoms with Crippen molar-refractivity contribution in [3.05, 3.63) is 42.1 Å². The Morgan fingerprint density at radius 2 is 2.00 bits per heavy atom. The molecule has 1 aromatic rings. The van der Waals surface area contributed by atoms with Crippen molar-refractivity contribution >= 4 is 5.69 Å². The second-order valence-electron chi connectivity index (χ2n) is 2.63. The van der Waals surface area contributed by atoms with E-state index in [1.54, 1.807) is 6.20 Å². The SMILES string of the molecule is N#CC/C(C#N)=C/Nc1ccccc1. The Morgan fingerprint density at radius 3 is 2.57 bits per heavy atom. The average molecular weight is 183 g/mol. The second-order valence-corrected chi connectivity index (χ2v) is 2.63. The molecule has 0 saturated heterocycles. The number of para-hydroxylation sites is 1. The summed E-state index contributed by atoms with van der Waals surface area (Å²) in [6.07, 6.45) is 1.69. The number of hydrogen-bond donors (Lipinski definition) is 1. The maximum atomic E-state index is 8.63. The van der Waals surface area contributed by atoms with Crippen LogP contribution in [0.2, 0.25) is 0 Å². The highest BCUT2D eigenvalue weighted by molar-refractivity contribution is 5.46.